The van der Waals surface area contributed by atoms with Crippen LogP contribution in [0.2, 0.25) is 0 Å². The minimum Gasteiger partial charge on any atom is -0.490 e. The van der Waals surface area contributed by atoms with Crippen LogP contribution in [0.5, 0.6) is 11.5 Å². The van der Waals surface area contributed by atoms with E-state index < -0.39 is 23.2 Å². The van der Waals surface area contributed by atoms with Gasteiger partial charge < -0.3 is 14.8 Å². The van der Waals surface area contributed by atoms with E-state index >= 15 is 0 Å². The van der Waals surface area contributed by atoms with Crippen molar-refractivity contribution in [1.82, 2.24) is 4.90 Å². The molecule has 0 bridgehead atoms. The predicted octanol–water partition coefficient (Wildman–Crippen LogP) is 3.90. The van der Waals surface area contributed by atoms with Gasteiger partial charge in [0.15, 0.2) is 11.5 Å². The first kappa shape index (κ1) is 18.7. The molecule has 2 aromatic carbocycles. The highest BCUT2D eigenvalue weighted by molar-refractivity contribution is 5.92. The van der Waals surface area contributed by atoms with Crippen molar-refractivity contribution in [2.45, 2.75) is 25.3 Å². The van der Waals surface area contributed by atoms with Crippen LogP contribution >= 0.6 is 0 Å². The quantitative estimate of drug-likeness (QED) is 0.863. The highest BCUT2D eigenvalue weighted by Gasteiger charge is 2.29. The minimum absolute atomic E-state index is 0.0494. The third kappa shape index (κ3) is 3.94. The summed E-state index contributed by atoms with van der Waals surface area (Å²) < 4.78 is 39.0. The second-order valence-electron chi connectivity index (χ2n) is 7.03. The normalized spacial score (nSPS) is 19.3. The van der Waals surface area contributed by atoms with Gasteiger partial charge in [-0.05, 0) is 49.2 Å². The third-order valence-corrected chi connectivity index (χ3v) is 5.09. The molecule has 0 aliphatic carbocycles. The van der Waals surface area contributed by atoms with E-state index in [-0.39, 0.29) is 12.6 Å². The molecule has 0 saturated carbocycles. The van der Waals surface area contributed by atoms with E-state index in [1.165, 1.54) is 6.07 Å². The summed E-state index contributed by atoms with van der Waals surface area (Å²) in [6.07, 6.45) is 2.69. The lowest BCUT2D eigenvalue weighted by atomic mass is 10.0. The average Bonchev–Trinajstić information content (AvgIpc) is 3.00. The lowest BCUT2D eigenvalue weighted by molar-refractivity contribution is -0.117. The smallest absolute Gasteiger partial charge is 0.238 e. The number of nitrogens with zero attached hydrogens (tertiary/aromatic N) is 1. The fraction of sp³-hybridized carbons (Fsp3) is 0.381. The van der Waals surface area contributed by atoms with Crippen LogP contribution in [0.1, 0.15) is 30.9 Å². The fourth-order valence-electron chi connectivity index (χ4n) is 3.76. The number of amides is 1. The molecule has 1 saturated heterocycles. The molecule has 1 atom stereocenters. The van der Waals surface area contributed by atoms with Gasteiger partial charge in [-0.2, -0.15) is 0 Å². The van der Waals surface area contributed by atoms with Crippen LogP contribution in [-0.4, -0.2) is 37.1 Å². The number of carbonyl (C=O) groups excluding carboxylic acids is 1. The summed E-state index contributed by atoms with van der Waals surface area (Å²) in [5.41, 5.74) is 0.644. The maximum absolute atomic E-state index is 13.8. The van der Waals surface area contributed by atoms with Crippen LogP contribution < -0.4 is 14.8 Å². The van der Waals surface area contributed by atoms with Crippen LogP contribution in [0.4, 0.5) is 14.5 Å². The van der Waals surface area contributed by atoms with E-state index in [4.69, 9.17) is 9.47 Å². The van der Waals surface area contributed by atoms with E-state index in [2.05, 4.69) is 5.32 Å². The number of anilines is 1. The SMILES string of the molecule is O=C(CN1CCCC1c1ccc2c(c1)OCCCO2)Nc1c(F)cccc1F. The van der Waals surface area contributed by atoms with Gasteiger partial charge in [0, 0.05) is 12.5 Å². The predicted molar refractivity (Wildman–Crippen MR) is 101 cm³/mol. The lowest BCUT2D eigenvalue weighted by Crippen LogP contribution is -2.33. The van der Waals surface area contributed by atoms with Crippen LogP contribution in [0.15, 0.2) is 36.4 Å². The molecule has 2 heterocycles. The molecule has 1 fully saturated rings. The van der Waals surface area contributed by atoms with Crippen molar-refractivity contribution in [1.29, 1.82) is 0 Å². The molecule has 148 valence electrons. The van der Waals surface area contributed by atoms with Gasteiger partial charge in [0.25, 0.3) is 0 Å². The zero-order valence-corrected chi connectivity index (χ0v) is 15.4. The second kappa shape index (κ2) is 8.14. The molecule has 0 aromatic heterocycles. The van der Waals surface area contributed by atoms with Gasteiger partial charge in [-0.1, -0.05) is 12.1 Å². The second-order valence-corrected chi connectivity index (χ2v) is 7.03. The number of fused-ring (bicyclic) bond motifs is 1. The van der Waals surface area contributed by atoms with Crippen molar-refractivity contribution in [2.75, 3.05) is 31.6 Å². The van der Waals surface area contributed by atoms with Crippen molar-refractivity contribution in [3.05, 3.63) is 53.6 Å². The Balaban J connectivity index is 1.46. The molecular formula is C21H22F2N2O3. The Morgan fingerprint density at radius 1 is 1.07 bits per heavy atom. The molecule has 0 spiro atoms. The van der Waals surface area contributed by atoms with Crippen molar-refractivity contribution in [3.8, 4) is 11.5 Å². The Morgan fingerprint density at radius 3 is 2.61 bits per heavy atom. The highest BCUT2D eigenvalue weighted by atomic mass is 19.1. The van der Waals surface area contributed by atoms with Gasteiger partial charge >= 0.3 is 0 Å². The van der Waals surface area contributed by atoms with E-state index in [1.807, 2.05) is 23.1 Å². The number of nitrogens with one attached hydrogen (secondary N) is 1. The summed E-state index contributed by atoms with van der Waals surface area (Å²) in [5.74, 6) is -0.549. The van der Waals surface area contributed by atoms with Crippen LogP contribution in [0, 0.1) is 11.6 Å². The van der Waals surface area contributed by atoms with Gasteiger partial charge in [-0.3, -0.25) is 9.69 Å². The monoisotopic (exact) mass is 388 g/mol. The number of ether oxygens (including phenoxy) is 2. The zero-order chi connectivity index (χ0) is 19.5. The number of carbonyl (C=O) groups is 1. The topological polar surface area (TPSA) is 50.8 Å². The molecule has 28 heavy (non-hydrogen) atoms. The maximum atomic E-state index is 13.8. The van der Waals surface area contributed by atoms with E-state index in [1.54, 1.807) is 0 Å². The minimum atomic E-state index is -0.783. The Bertz CT molecular complexity index is 854. The van der Waals surface area contributed by atoms with Gasteiger partial charge in [0.2, 0.25) is 5.91 Å². The summed E-state index contributed by atoms with van der Waals surface area (Å²) in [7, 11) is 0. The van der Waals surface area contributed by atoms with Gasteiger partial charge in [0.05, 0.1) is 19.8 Å². The summed E-state index contributed by atoms with van der Waals surface area (Å²) in [6.45, 7) is 2.05. The first-order chi connectivity index (χ1) is 13.6. The zero-order valence-electron chi connectivity index (χ0n) is 15.4. The van der Waals surface area contributed by atoms with Crippen molar-refractivity contribution < 1.29 is 23.0 Å². The molecule has 2 aliphatic heterocycles. The average molecular weight is 388 g/mol. The standard InChI is InChI=1S/C21H22F2N2O3/c22-15-4-1-5-16(23)21(15)24-20(26)13-25-9-2-6-17(25)14-7-8-18-19(12-14)28-11-3-10-27-18/h1,4-5,7-8,12,17H,2-3,6,9-11,13H2,(H,24,26). The van der Waals surface area contributed by atoms with Crippen molar-refractivity contribution >= 4 is 11.6 Å². The molecule has 5 nitrogen and oxygen atoms in total. The first-order valence-corrected chi connectivity index (χ1v) is 9.49. The third-order valence-electron chi connectivity index (χ3n) is 5.09. The summed E-state index contributed by atoms with van der Waals surface area (Å²) in [4.78, 5) is 14.4. The molecule has 7 heteroatoms. The van der Waals surface area contributed by atoms with Crippen LogP contribution in [-0.2, 0) is 4.79 Å². The summed E-state index contributed by atoms with van der Waals surface area (Å²) >= 11 is 0. The van der Waals surface area contributed by atoms with Crippen molar-refractivity contribution in [3.63, 3.8) is 0 Å². The number of para-hydroxylation sites is 1. The lowest BCUT2D eigenvalue weighted by Gasteiger charge is -2.25. The number of halogens is 2. The van der Waals surface area contributed by atoms with E-state index in [9.17, 15) is 13.6 Å². The molecule has 2 aromatic rings. The molecule has 0 radical (unpaired) electrons. The van der Waals surface area contributed by atoms with E-state index in [0.717, 1.165) is 55.0 Å². The first-order valence-electron chi connectivity index (χ1n) is 9.49. The maximum Gasteiger partial charge on any atom is 0.238 e. The van der Waals surface area contributed by atoms with E-state index in [0.29, 0.717) is 13.2 Å². The van der Waals surface area contributed by atoms with Crippen molar-refractivity contribution in [2.24, 2.45) is 0 Å². The molecule has 1 amide bonds. The Labute approximate surface area is 162 Å². The fourth-order valence-corrected chi connectivity index (χ4v) is 3.76. The highest BCUT2D eigenvalue weighted by Crippen LogP contribution is 2.37. The van der Waals surface area contributed by atoms with Crippen LogP contribution in [0.3, 0.4) is 0 Å². The van der Waals surface area contributed by atoms with Gasteiger partial charge in [-0.15, -0.1) is 0 Å². The number of likely N-dealkylation sites (tertiary alicyclic amines) is 1. The molecule has 1 unspecified atom stereocenters. The Hall–Kier alpha value is -2.67. The number of hydrogen-bond acceptors (Lipinski definition) is 4. The Kier molecular flexibility index (Phi) is 5.43. The number of hydrogen-bond donors (Lipinski definition) is 1. The molecule has 4 rings (SSSR count). The molecule has 1 N–H and O–H groups in total. The largest absolute Gasteiger partial charge is 0.490 e. The summed E-state index contributed by atoms with van der Waals surface area (Å²) in [6, 6.07) is 9.42. The Morgan fingerprint density at radius 2 is 1.82 bits per heavy atom. The van der Waals surface area contributed by atoms with Gasteiger partial charge in [0.1, 0.15) is 17.3 Å². The molecular weight excluding hydrogens is 366 g/mol. The number of rotatable bonds is 4. The molecule has 2 aliphatic rings. The number of benzene rings is 2. The van der Waals surface area contributed by atoms with Crippen LogP contribution in [0.25, 0.3) is 0 Å². The summed E-state index contributed by atoms with van der Waals surface area (Å²) in [5, 5.41) is 2.36. The van der Waals surface area contributed by atoms with Gasteiger partial charge in [-0.25, -0.2) is 8.78 Å².